The third-order valence-corrected chi connectivity index (χ3v) is 3.18. The van der Waals surface area contributed by atoms with Gasteiger partial charge in [-0.15, -0.1) is 11.8 Å². The van der Waals surface area contributed by atoms with Crippen LogP contribution in [-0.2, 0) is 0 Å². The summed E-state index contributed by atoms with van der Waals surface area (Å²) in [7, 11) is 0. The van der Waals surface area contributed by atoms with Gasteiger partial charge < -0.3 is 5.73 Å². The van der Waals surface area contributed by atoms with Crippen LogP contribution in [0.15, 0.2) is 23.1 Å². The number of halogens is 1. The van der Waals surface area contributed by atoms with Gasteiger partial charge >= 0.3 is 0 Å². The fraction of sp³-hybridized carbons (Fsp3) is 0.333. The van der Waals surface area contributed by atoms with Crippen molar-refractivity contribution in [3.8, 4) is 0 Å². The van der Waals surface area contributed by atoms with Crippen LogP contribution in [0.5, 0.6) is 0 Å². The summed E-state index contributed by atoms with van der Waals surface area (Å²) in [5.41, 5.74) is 6.80. The normalized spacial score (nSPS) is 22.0. The Morgan fingerprint density at radius 2 is 2.33 bits per heavy atom. The van der Waals surface area contributed by atoms with Gasteiger partial charge in [0.05, 0.1) is 0 Å². The van der Waals surface area contributed by atoms with E-state index in [1.54, 1.807) is 17.8 Å². The quantitative estimate of drug-likeness (QED) is 0.668. The number of hydrogen-bond acceptors (Lipinski definition) is 2. The maximum absolute atomic E-state index is 12.8. The Hall–Kier alpha value is -0.540. The molecule has 1 aliphatic heterocycles. The minimum atomic E-state index is -0.188. The average Bonchev–Trinajstić information content (AvgIpc) is 2.07. The smallest absolute Gasteiger partial charge is 0.123 e. The van der Waals surface area contributed by atoms with E-state index in [1.807, 2.05) is 6.07 Å². The van der Waals surface area contributed by atoms with Crippen molar-refractivity contribution < 1.29 is 4.39 Å². The molecule has 0 bridgehead atoms. The molecule has 2 rings (SSSR count). The maximum atomic E-state index is 12.8. The highest BCUT2D eigenvalue weighted by Crippen LogP contribution is 2.34. The summed E-state index contributed by atoms with van der Waals surface area (Å²) >= 11 is 1.75. The first-order valence-corrected chi connectivity index (χ1v) is 4.94. The Bertz CT molecular complexity index is 301. The fourth-order valence-electron chi connectivity index (χ4n) is 1.39. The molecule has 0 saturated heterocycles. The molecule has 1 heterocycles. The summed E-state index contributed by atoms with van der Waals surface area (Å²) in [5, 5.41) is 0. The summed E-state index contributed by atoms with van der Waals surface area (Å²) in [6, 6.07) is 4.88. The Morgan fingerprint density at radius 1 is 1.50 bits per heavy atom. The van der Waals surface area contributed by atoms with Gasteiger partial charge in [0, 0.05) is 10.9 Å². The van der Waals surface area contributed by atoms with Crippen LogP contribution in [0.1, 0.15) is 18.0 Å². The summed E-state index contributed by atoms with van der Waals surface area (Å²) in [6.07, 6.45) is 0.946. The molecular weight excluding hydrogens is 173 g/mol. The topological polar surface area (TPSA) is 26.0 Å². The first kappa shape index (κ1) is 8.08. The molecule has 1 aliphatic rings. The number of rotatable bonds is 0. The van der Waals surface area contributed by atoms with Crippen molar-refractivity contribution in [2.24, 2.45) is 5.73 Å². The highest BCUT2D eigenvalue weighted by Gasteiger charge is 2.17. The lowest BCUT2D eigenvalue weighted by molar-refractivity contribution is 0.610. The molecule has 0 aromatic heterocycles. The van der Waals surface area contributed by atoms with E-state index in [-0.39, 0.29) is 11.9 Å². The maximum Gasteiger partial charge on any atom is 0.123 e. The molecule has 12 heavy (non-hydrogen) atoms. The number of nitrogens with two attached hydrogens (primary N) is 1. The van der Waals surface area contributed by atoms with Crippen molar-refractivity contribution >= 4 is 11.8 Å². The van der Waals surface area contributed by atoms with E-state index in [9.17, 15) is 4.39 Å². The Balaban J connectivity index is 2.47. The van der Waals surface area contributed by atoms with Crippen molar-refractivity contribution in [3.05, 3.63) is 29.6 Å². The highest BCUT2D eigenvalue weighted by molar-refractivity contribution is 7.99. The van der Waals surface area contributed by atoms with Crippen LogP contribution in [-0.4, -0.2) is 5.75 Å². The lowest BCUT2D eigenvalue weighted by atomic mass is 10.1. The van der Waals surface area contributed by atoms with E-state index >= 15 is 0 Å². The van der Waals surface area contributed by atoms with Crippen LogP contribution in [0.4, 0.5) is 4.39 Å². The molecule has 1 nitrogen and oxygen atoms in total. The summed E-state index contributed by atoms with van der Waals surface area (Å²) in [5.74, 6) is 0.853. The largest absolute Gasteiger partial charge is 0.324 e. The highest BCUT2D eigenvalue weighted by atomic mass is 32.2. The third kappa shape index (κ3) is 1.34. The van der Waals surface area contributed by atoms with Crippen LogP contribution in [0.25, 0.3) is 0 Å². The van der Waals surface area contributed by atoms with E-state index in [1.165, 1.54) is 6.07 Å². The molecule has 1 aromatic rings. The zero-order valence-electron chi connectivity index (χ0n) is 6.59. The minimum absolute atomic E-state index is 0.0250. The lowest BCUT2D eigenvalue weighted by Crippen LogP contribution is -2.15. The van der Waals surface area contributed by atoms with Gasteiger partial charge in [0.1, 0.15) is 5.82 Å². The van der Waals surface area contributed by atoms with Crippen LogP contribution in [0, 0.1) is 5.82 Å². The molecule has 0 spiro atoms. The Kier molecular flexibility index (Phi) is 2.07. The van der Waals surface area contributed by atoms with E-state index < -0.39 is 0 Å². The molecule has 3 heteroatoms. The molecule has 64 valence electrons. The number of hydrogen-bond donors (Lipinski definition) is 1. The van der Waals surface area contributed by atoms with Gasteiger partial charge in [-0.3, -0.25) is 0 Å². The van der Waals surface area contributed by atoms with E-state index in [0.717, 1.165) is 22.6 Å². The van der Waals surface area contributed by atoms with Gasteiger partial charge in [0.25, 0.3) is 0 Å². The molecule has 2 N–H and O–H groups in total. The van der Waals surface area contributed by atoms with Crippen molar-refractivity contribution in [2.45, 2.75) is 17.4 Å². The average molecular weight is 183 g/mol. The van der Waals surface area contributed by atoms with Crippen LogP contribution < -0.4 is 5.73 Å². The van der Waals surface area contributed by atoms with Gasteiger partial charge in [-0.2, -0.15) is 0 Å². The molecule has 1 aromatic carbocycles. The van der Waals surface area contributed by atoms with Gasteiger partial charge in [0.2, 0.25) is 0 Å². The van der Waals surface area contributed by atoms with Crippen molar-refractivity contribution in [2.75, 3.05) is 5.75 Å². The molecule has 0 unspecified atom stereocenters. The van der Waals surface area contributed by atoms with Gasteiger partial charge in [-0.05, 0) is 35.9 Å². The van der Waals surface area contributed by atoms with Crippen molar-refractivity contribution in [3.63, 3.8) is 0 Å². The van der Waals surface area contributed by atoms with Gasteiger partial charge in [0.15, 0.2) is 0 Å². The molecule has 1 atom stereocenters. The van der Waals surface area contributed by atoms with Gasteiger partial charge in [-0.25, -0.2) is 4.39 Å². The predicted octanol–water partition coefficient (Wildman–Crippen LogP) is 2.32. The number of benzene rings is 1. The predicted molar refractivity (Wildman–Crippen MR) is 48.7 cm³/mol. The zero-order chi connectivity index (χ0) is 8.55. The second kappa shape index (κ2) is 3.07. The molecule has 0 saturated carbocycles. The lowest BCUT2D eigenvalue weighted by Gasteiger charge is -2.21. The standard InChI is InChI=1S/C9H10FNS/c10-6-1-2-9-7(5-6)8(11)3-4-12-9/h1-2,5,8H,3-4,11H2/t8-/m0/s1. The zero-order valence-corrected chi connectivity index (χ0v) is 7.40. The van der Waals surface area contributed by atoms with E-state index in [4.69, 9.17) is 5.73 Å². The SMILES string of the molecule is N[C@H]1CCSc2ccc(F)cc21. The minimum Gasteiger partial charge on any atom is -0.324 e. The molecule has 0 aliphatic carbocycles. The monoisotopic (exact) mass is 183 g/mol. The second-order valence-corrected chi connectivity index (χ2v) is 4.06. The van der Waals surface area contributed by atoms with Crippen LogP contribution in [0.2, 0.25) is 0 Å². The fourth-order valence-corrected chi connectivity index (χ4v) is 2.52. The first-order chi connectivity index (χ1) is 5.77. The van der Waals surface area contributed by atoms with Crippen molar-refractivity contribution in [1.82, 2.24) is 0 Å². The molecule has 0 amide bonds. The second-order valence-electron chi connectivity index (χ2n) is 2.93. The Morgan fingerprint density at radius 3 is 3.17 bits per heavy atom. The van der Waals surface area contributed by atoms with Crippen LogP contribution >= 0.6 is 11.8 Å². The first-order valence-electron chi connectivity index (χ1n) is 3.95. The third-order valence-electron chi connectivity index (χ3n) is 2.06. The summed E-state index contributed by atoms with van der Waals surface area (Å²) in [4.78, 5) is 1.13. The van der Waals surface area contributed by atoms with E-state index in [0.29, 0.717) is 0 Å². The van der Waals surface area contributed by atoms with Gasteiger partial charge in [-0.1, -0.05) is 0 Å². The summed E-state index contributed by atoms with van der Waals surface area (Å²) < 4.78 is 12.8. The summed E-state index contributed by atoms with van der Waals surface area (Å²) in [6.45, 7) is 0. The molecule has 0 fully saturated rings. The van der Waals surface area contributed by atoms with E-state index in [2.05, 4.69) is 0 Å². The number of fused-ring (bicyclic) bond motifs is 1. The van der Waals surface area contributed by atoms with Crippen molar-refractivity contribution in [1.29, 1.82) is 0 Å². The molecule has 0 radical (unpaired) electrons. The van der Waals surface area contributed by atoms with Crippen LogP contribution in [0.3, 0.4) is 0 Å². The number of thioether (sulfide) groups is 1. The molecular formula is C9H10FNS. The Labute approximate surface area is 75.1 Å².